The second kappa shape index (κ2) is 17.4. The number of benzene rings is 4. The Labute approximate surface area is 374 Å². The van der Waals surface area contributed by atoms with Crippen LogP contribution < -0.4 is 0 Å². The maximum Gasteiger partial charge on any atom is 0.179 e. The third kappa shape index (κ3) is 7.75. The molecule has 0 spiro atoms. The van der Waals surface area contributed by atoms with E-state index < -0.39 is 0 Å². The van der Waals surface area contributed by atoms with Gasteiger partial charge in [0.1, 0.15) is 5.69 Å². The Hall–Kier alpha value is -7.96. The molecule has 8 aromatic rings. The molecule has 0 fully saturated rings. The molecule has 0 bridgehead atoms. The molecule has 0 saturated carbocycles. The molecule has 0 unspecified atom stereocenters. The van der Waals surface area contributed by atoms with E-state index in [0.717, 1.165) is 137 Å². The van der Waals surface area contributed by atoms with Crippen LogP contribution in [0.15, 0.2) is 182 Å². The number of hydrogen-bond donors (Lipinski definition) is 0. The maximum absolute atomic E-state index is 5.21. The predicted octanol–water partition coefficient (Wildman–Crippen LogP) is 14.9. The zero-order chi connectivity index (χ0) is 43.6. The summed E-state index contributed by atoms with van der Waals surface area (Å²) in [6, 6.07) is 40.5. The van der Waals surface area contributed by atoms with Crippen LogP contribution in [0, 0.1) is 0 Å². The predicted molar refractivity (Wildman–Crippen MR) is 269 cm³/mol. The zero-order valence-corrected chi connectivity index (χ0v) is 36.1. The summed E-state index contributed by atoms with van der Waals surface area (Å²) in [5.74, 6) is 0.595. The van der Waals surface area contributed by atoms with Crippen molar-refractivity contribution in [1.82, 2.24) is 24.9 Å². The number of rotatable bonds is 10. The van der Waals surface area contributed by atoms with Crippen LogP contribution in [0.4, 0.5) is 0 Å². The molecule has 1 aliphatic heterocycles. The number of aliphatic imine (C=N–C) groups is 1. The minimum Gasteiger partial charge on any atom is -0.259 e. The standard InChI is InChI=1S/C58H46N6/c1-5-8-16-38(6-2)54-36-55(40-17-10-9-11-18-40)64-58(63-54)53-32-25-44-35-42(23-29-50(44)61-53)41-22-28-49-43(34-41)24-31-51(60-49)47-26-27-48(46-20-13-12-19-45(46)47)52-30-21-39(7-3)57(62-52)56-37(4)15-14-33-59-56/h5-8,10,12-13,16-36H,1,3,9,11,14-15H2,2,4H3/b16-8-,38-6+. The molecular formula is C58H46N6. The largest absolute Gasteiger partial charge is 0.259 e. The van der Waals surface area contributed by atoms with E-state index in [1.165, 1.54) is 5.57 Å². The summed E-state index contributed by atoms with van der Waals surface area (Å²) >= 11 is 0. The van der Waals surface area contributed by atoms with Gasteiger partial charge in [0.2, 0.25) is 0 Å². The fraction of sp³-hybridized carbons (Fsp3) is 0.103. The molecule has 5 heterocycles. The minimum atomic E-state index is 0.595. The Balaban J connectivity index is 0.954. The van der Waals surface area contributed by atoms with Gasteiger partial charge in [-0.1, -0.05) is 128 Å². The van der Waals surface area contributed by atoms with Crippen LogP contribution >= 0.6 is 0 Å². The Kier molecular flexibility index (Phi) is 10.9. The molecule has 0 atom stereocenters. The first kappa shape index (κ1) is 40.1. The van der Waals surface area contributed by atoms with Crippen LogP contribution in [0.25, 0.3) is 101 Å². The molecule has 10 rings (SSSR count). The van der Waals surface area contributed by atoms with Gasteiger partial charge in [0.25, 0.3) is 0 Å². The lowest BCUT2D eigenvalue weighted by molar-refractivity contribution is 0.997. The summed E-state index contributed by atoms with van der Waals surface area (Å²) in [5.41, 5.74) is 16.6. The highest BCUT2D eigenvalue weighted by atomic mass is 14.9. The quantitative estimate of drug-likeness (QED) is 0.128. The fourth-order valence-corrected chi connectivity index (χ4v) is 8.70. The number of fused-ring (bicyclic) bond motifs is 3. The van der Waals surface area contributed by atoms with Crippen molar-refractivity contribution in [1.29, 1.82) is 0 Å². The van der Waals surface area contributed by atoms with E-state index >= 15 is 0 Å². The molecule has 0 N–H and O–H groups in total. The fourth-order valence-electron chi connectivity index (χ4n) is 8.70. The van der Waals surface area contributed by atoms with Crippen molar-refractivity contribution < 1.29 is 0 Å². The summed E-state index contributed by atoms with van der Waals surface area (Å²) in [5, 5.41) is 4.36. The van der Waals surface area contributed by atoms with Crippen LogP contribution in [-0.2, 0) is 0 Å². The topological polar surface area (TPSA) is 76.8 Å². The molecule has 4 aromatic carbocycles. The summed E-state index contributed by atoms with van der Waals surface area (Å²) in [4.78, 5) is 30.3. The van der Waals surface area contributed by atoms with Crippen LogP contribution in [-0.4, -0.2) is 31.1 Å². The Morgan fingerprint density at radius 3 is 1.98 bits per heavy atom. The molecule has 4 aromatic heterocycles. The first-order valence-corrected chi connectivity index (χ1v) is 21.9. The summed E-state index contributed by atoms with van der Waals surface area (Å²) in [6.45, 7) is 12.1. The van der Waals surface area contributed by atoms with Gasteiger partial charge in [0.15, 0.2) is 5.82 Å². The second-order valence-corrected chi connectivity index (χ2v) is 16.2. The molecule has 2 aliphatic rings. The van der Waals surface area contributed by atoms with Crippen molar-refractivity contribution in [3.8, 4) is 45.2 Å². The third-order valence-electron chi connectivity index (χ3n) is 12.1. The van der Waals surface area contributed by atoms with Gasteiger partial charge in [-0.05, 0) is 127 Å². The zero-order valence-electron chi connectivity index (χ0n) is 36.1. The lowest BCUT2D eigenvalue weighted by Crippen LogP contribution is -2.01. The monoisotopic (exact) mass is 826 g/mol. The van der Waals surface area contributed by atoms with Crippen LogP contribution in [0.3, 0.4) is 0 Å². The number of pyridine rings is 3. The van der Waals surface area contributed by atoms with Gasteiger partial charge in [-0.15, -0.1) is 0 Å². The first-order valence-electron chi connectivity index (χ1n) is 21.9. The van der Waals surface area contributed by atoms with Gasteiger partial charge < -0.3 is 0 Å². The van der Waals surface area contributed by atoms with Crippen molar-refractivity contribution >= 4 is 61.7 Å². The average Bonchev–Trinajstić information content (AvgIpc) is 3.35. The number of nitrogens with zero attached hydrogens (tertiary/aromatic N) is 6. The van der Waals surface area contributed by atoms with E-state index in [0.29, 0.717) is 5.82 Å². The van der Waals surface area contributed by atoms with Crippen LogP contribution in [0.2, 0.25) is 0 Å². The van der Waals surface area contributed by atoms with Gasteiger partial charge in [0.05, 0.1) is 45.2 Å². The highest BCUT2D eigenvalue weighted by Crippen LogP contribution is 2.38. The van der Waals surface area contributed by atoms with Gasteiger partial charge >= 0.3 is 0 Å². The number of aromatic nitrogens is 5. The highest BCUT2D eigenvalue weighted by Gasteiger charge is 2.18. The van der Waals surface area contributed by atoms with E-state index in [-0.39, 0.29) is 0 Å². The summed E-state index contributed by atoms with van der Waals surface area (Å²) in [6.07, 6.45) is 22.2. The third-order valence-corrected chi connectivity index (χ3v) is 12.1. The normalized spacial score (nSPS) is 14.2. The lowest BCUT2D eigenvalue weighted by atomic mass is 9.94. The summed E-state index contributed by atoms with van der Waals surface area (Å²) in [7, 11) is 0. The number of hydrogen-bond acceptors (Lipinski definition) is 6. The van der Waals surface area contributed by atoms with Crippen LogP contribution in [0.5, 0.6) is 0 Å². The van der Waals surface area contributed by atoms with E-state index in [2.05, 4.69) is 154 Å². The van der Waals surface area contributed by atoms with Crippen molar-refractivity contribution in [3.63, 3.8) is 0 Å². The van der Waals surface area contributed by atoms with Crippen LogP contribution in [0.1, 0.15) is 62.2 Å². The minimum absolute atomic E-state index is 0.595. The SMILES string of the molecule is C=C/C=C\C(=C/C)c1cc(C2=CCCC=C2)nc(-c2ccc3cc(-c4ccc5nc(-c6ccc(-c7ccc(C=C)c(C8=C(C)CCC=N8)n7)c7ccccc67)ccc5c4)ccc3n2)n1. The van der Waals surface area contributed by atoms with Gasteiger partial charge in [-0.2, -0.15) is 0 Å². The molecule has 0 radical (unpaired) electrons. The summed E-state index contributed by atoms with van der Waals surface area (Å²) < 4.78 is 0. The lowest BCUT2D eigenvalue weighted by Gasteiger charge is -2.16. The molecule has 1 aliphatic carbocycles. The molecule has 0 amide bonds. The van der Waals surface area contributed by atoms with Gasteiger partial charge in [-0.3, -0.25) is 4.99 Å². The van der Waals surface area contributed by atoms with E-state index in [1.807, 2.05) is 37.4 Å². The van der Waals surface area contributed by atoms with E-state index in [9.17, 15) is 0 Å². The van der Waals surface area contributed by atoms with E-state index in [4.69, 9.17) is 29.9 Å². The smallest absolute Gasteiger partial charge is 0.179 e. The molecular weight excluding hydrogens is 781 g/mol. The van der Waals surface area contributed by atoms with Gasteiger partial charge in [0, 0.05) is 33.7 Å². The molecule has 6 nitrogen and oxygen atoms in total. The number of allylic oxidation sites excluding steroid dienone is 10. The Bertz CT molecular complexity index is 3400. The van der Waals surface area contributed by atoms with Crippen molar-refractivity contribution in [3.05, 3.63) is 199 Å². The highest BCUT2D eigenvalue weighted by molar-refractivity contribution is 6.05. The van der Waals surface area contributed by atoms with Gasteiger partial charge in [-0.25, -0.2) is 24.9 Å². The molecule has 64 heavy (non-hydrogen) atoms. The molecule has 6 heteroatoms. The van der Waals surface area contributed by atoms with Crippen molar-refractivity contribution in [2.24, 2.45) is 4.99 Å². The molecule has 308 valence electrons. The van der Waals surface area contributed by atoms with Crippen molar-refractivity contribution in [2.45, 2.75) is 39.5 Å². The molecule has 0 saturated heterocycles. The Morgan fingerprint density at radius 2 is 1.33 bits per heavy atom. The Morgan fingerprint density at radius 1 is 0.641 bits per heavy atom. The maximum atomic E-state index is 5.21. The van der Waals surface area contributed by atoms with Crippen molar-refractivity contribution in [2.75, 3.05) is 0 Å². The van der Waals surface area contributed by atoms with E-state index in [1.54, 1.807) is 6.08 Å². The average molecular weight is 827 g/mol. The first-order chi connectivity index (χ1) is 31.5. The second-order valence-electron chi connectivity index (χ2n) is 16.2.